The molecule has 0 amide bonds. The highest BCUT2D eigenvalue weighted by atomic mass is 31.2. The van der Waals surface area contributed by atoms with E-state index in [1.54, 1.807) is 0 Å². The predicted octanol–water partition coefficient (Wildman–Crippen LogP) is 7.63. The van der Waals surface area contributed by atoms with Crippen molar-refractivity contribution in [1.82, 2.24) is 0 Å². The summed E-state index contributed by atoms with van der Waals surface area (Å²) in [5.41, 5.74) is 0. The van der Waals surface area contributed by atoms with E-state index in [9.17, 15) is 9.46 Å². The zero-order valence-corrected chi connectivity index (χ0v) is 20.4. The molecule has 4 nitrogen and oxygen atoms in total. The SMILES string of the molecule is CCCCCCCCCCCCCCCC=COP(=O)(O)C(CC)[N+](C)(C)C. The van der Waals surface area contributed by atoms with Gasteiger partial charge >= 0.3 is 7.60 Å². The van der Waals surface area contributed by atoms with Crippen molar-refractivity contribution in [2.45, 2.75) is 116 Å². The van der Waals surface area contributed by atoms with E-state index in [-0.39, 0.29) is 0 Å². The fourth-order valence-electron chi connectivity index (χ4n) is 3.76. The lowest BCUT2D eigenvalue weighted by atomic mass is 10.0. The average Bonchev–Trinajstić information content (AvgIpc) is 2.60. The Hall–Kier alpha value is -0.310. The first-order valence-corrected chi connectivity index (χ1v) is 13.4. The molecule has 0 radical (unpaired) electrons. The van der Waals surface area contributed by atoms with Gasteiger partial charge in [0.05, 0.1) is 27.4 Å². The molecule has 0 heterocycles. The van der Waals surface area contributed by atoms with Gasteiger partial charge in [0.25, 0.3) is 0 Å². The molecule has 28 heavy (non-hydrogen) atoms. The van der Waals surface area contributed by atoms with Crippen molar-refractivity contribution in [3.63, 3.8) is 0 Å². The number of hydrogen-bond acceptors (Lipinski definition) is 2. The molecule has 0 spiro atoms. The van der Waals surface area contributed by atoms with Gasteiger partial charge in [0.1, 0.15) is 0 Å². The summed E-state index contributed by atoms with van der Waals surface area (Å²) in [6.07, 6.45) is 22.4. The van der Waals surface area contributed by atoms with Gasteiger partial charge in [0, 0.05) is 6.42 Å². The van der Waals surface area contributed by atoms with Crippen molar-refractivity contribution in [3.05, 3.63) is 12.3 Å². The van der Waals surface area contributed by atoms with Gasteiger partial charge in [-0.15, -0.1) is 0 Å². The summed E-state index contributed by atoms with van der Waals surface area (Å²) in [6.45, 7) is 4.20. The van der Waals surface area contributed by atoms with Crippen LogP contribution < -0.4 is 0 Å². The van der Waals surface area contributed by atoms with Gasteiger partial charge in [-0.2, -0.15) is 0 Å². The largest absolute Gasteiger partial charge is 0.433 e. The Bertz CT molecular complexity index is 432. The molecule has 0 aromatic heterocycles. The second-order valence-corrected chi connectivity index (χ2v) is 11.0. The molecule has 2 unspecified atom stereocenters. The highest BCUT2D eigenvalue weighted by Crippen LogP contribution is 2.51. The van der Waals surface area contributed by atoms with Crippen molar-refractivity contribution in [1.29, 1.82) is 0 Å². The summed E-state index contributed by atoms with van der Waals surface area (Å²) < 4.78 is 18.1. The van der Waals surface area contributed by atoms with Gasteiger partial charge in [0.2, 0.25) is 5.78 Å². The Morgan fingerprint density at radius 2 is 1.25 bits per heavy atom. The molecule has 0 aromatic carbocycles. The minimum Gasteiger partial charge on any atom is -0.429 e. The smallest absolute Gasteiger partial charge is 0.429 e. The highest BCUT2D eigenvalue weighted by Gasteiger charge is 2.41. The third kappa shape index (κ3) is 14.7. The molecule has 2 atom stereocenters. The molecule has 0 aromatic rings. The van der Waals surface area contributed by atoms with Crippen LogP contribution in [0.15, 0.2) is 12.3 Å². The highest BCUT2D eigenvalue weighted by molar-refractivity contribution is 7.53. The first kappa shape index (κ1) is 27.7. The molecular formula is C23H49NO3P+. The molecule has 0 saturated carbocycles. The molecule has 0 rings (SSSR count). The Kier molecular flexibility index (Phi) is 16.3. The van der Waals surface area contributed by atoms with Crippen LogP contribution in [0.3, 0.4) is 0 Å². The molecule has 0 saturated heterocycles. The number of hydrogen-bond donors (Lipinski definition) is 1. The number of quaternary nitrogens is 1. The first-order chi connectivity index (χ1) is 13.3. The van der Waals surface area contributed by atoms with Crippen LogP contribution in [0.25, 0.3) is 0 Å². The van der Waals surface area contributed by atoms with Gasteiger partial charge in [-0.25, -0.2) is 4.57 Å². The fraction of sp³-hybridized carbons (Fsp3) is 0.913. The van der Waals surface area contributed by atoms with Crippen LogP contribution in [0.4, 0.5) is 0 Å². The lowest BCUT2D eigenvalue weighted by Crippen LogP contribution is -2.44. The monoisotopic (exact) mass is 418 g/mol. The Balaban J connectivity index is 3.60. The third-order valence-electron chi connectivity index (χ3n) is 5.42. The normalized spacial score (nSPS) is 15.6. The van der Waals surface area contributed by atoms with Crippen molar-refractivity contribution in [3.8, 4) is 0 Å². The van der Waals surface area contributed by atoms with E-state index in [4.69, 9.17) is 4.52 Å². The molecule has 168 valence electrons. The summed E-state index contributed by atoms with van der Waals surface area (Å²) in [5.74, 6) is -0.395. The summed E-state index contributed by atoms with van der Waals surface area (Å²) in [4.78, 5) is 10.2. The Morgan fingerprint density at radius 3 is 1.64 bits per heavy atom. The molecular weight excluding hydrogens is 369 g/mol. The van der Waals surface area contributed by atoms with Crippen molar-refractivity contribution in [2.75, 3.05) is 21.1 Å². The molecule has 0 fully saturated rings. The van der Waals surface area contributed by atoms with Crippen LogP contribution >= 0.6 is 7.60 Å². The zero-order chi connectivity index (χ0) is 21.3. The predicted molar refractivity (Wildman–Crippen MR) is 122 cm³/mol. The molecule has 5 heteroatoms. The van der Waals surface area contributed by atoms with Crippen LogP contribution in [-0.4, -0.2) is 36.3 Å². The molecule has 0 aliphatic carbocycles. The topological polar surface area (TPSA) is 46.5 Å². The van der Waals surface area contributed by atoms with Crippen LogP contribution in [0, 0.1) is 0 Å². The number of allylic oxidation sites excluding steroid dienone is 1. The fourth-order valence-corrected chi connectivity index (χ4v) is 5.50. The van der Waals surface area contributed by atoms with E-state index >= 15 is 0 Å². The lowest BCUT2D eigenvalue weighted by molar-refractivity contribution is -0.883. The Labute approximate surface area is 175 Å². The summed E-state index contributed by atoms with van der Waals surface area (Å²) in [5, 5.41) is 0. The van der Waals surface area contributed by atoms with E-state index in [0.29, 0.717) is 10.9 Å². The van der Waals surface area contributed by atoms with Gasteiger partial charge in [0.15, 0.2) is 0 Å². The number of unbranched alkanes of at least 4 members (excludes halogenated alkanes) is 13. The molecule has 0 aliphatic heterocycles. The molecule has 0 aliphatic rings. The van der Waals surface area contributed by atoms with Crippen molar-refractivity contribution < 1.29 is 18.5 Å². The molecule has 1 N–H and O–H groups in total. The van der Waals surface area contributed by atoms with E-state index in [2.05, 4.69) is 6.92 Å². The van der Waals surface area contributed by atoms with Gasteiger partial charge < -0.3 is 13.9 Å². The second kappa shape index (κ2) is 16.5. The maximum absolute atomic E-state index is 12.4. The molecule has 0 bridgehead atoms. The number of nitrogens with zero attached hydrogens (tertiary/aromatic N) is 1. The lowest BCUT2D eigenvalue weighted by Gasteiger charge is -2.34. The standard InChI is InChI=1S/C23H48NO3P/c1-6-8-9-10-11-12-13-14-15-16-17-18-19-20-21-22-27-28(25,26)23(7-2)24(3,4)5/h21-23H,6-20H2,1-5H3/p+1. The van der Waals surface area contributed by atoms with Crippen LogP contribution in [0.1, 0.15) is 110 Å². The Morgan fingerprint density at radius 1 is 0.821 bits per heavy atom. The van der Waals surface area contributed by atoms with Crippen LogP contribution in [0.2, 0.25) is 0 Å². The zero-order valence-electron chi connectivity index (χ0n) is 19.5. The average molecular weight is 419 g/mol. The summed E-state index contributed by atoms with van der Waals surface area (Å²) in [7, 11) is 2.16. The van der Waals surface area contributed by atoms with Gasteiger partial charge in [-0.3, -0.25) is 0 Å². The van der Waals surface area contributed by atoms with Crippen molar-refractivity contribution in [2.24, 2.45) is 0 Å². The first-order valence-electron chi connectivity index (χ1n) is 11.7. The minimum atomic E-state index is -3.63. The van der Waals surface area contributed by atoms with Crippen LogP contribution in [-0.2, 0) is 9.09 Å². The summed E-state index contributed by atoms with van der Waals surface area (Å²) >= 11 is 0. The third-order valence-corrected chi connectivity index (χ3v) is 7.65. The van der Waals surface area contributed by atoms with E-state index in [1.165, 1.54) is 83.3 Å². The van der Waals surface area contributed by atoms with E-state index < -0.39 is 13.4 Å². The maximum Gasteiger partial charge on any atom is 0.433 e. The quantitative estimate of drug-likeness (QED) is 0.101. The van der Waals surface area contributed by atoms with Crippen LogP contribution in [0.5, 0.6) is 0 Å². The second-order valence-electron chi connectivity index (χ2n) is 9.08. The van der Waals surface area contributed by atoms with E-state index in [1.807, 2.05) is 34.1 Å². The maximum atomic E-state index is 12.4. The van der Waals surface area contributed by atoms with E-state index in [0.717, 1.165) is 12.8 Å². The van der Waals surface area contributed by atoms with Crippen molar-refractivity contribution >= 4 is 7.60 Å². The van der Waals surface area contributed by atoms with Gasteiger partial charge in [-0.1, -0.05) is 90.9 Å². The summed E-state index contributed by atoms with van der Waals surface area (Å²) in [6, 6.07) is 0. The van der Waals surface area contributed by atoms with Gasteiger partial charge in [-0.05, 0) is 18.9 Å². The number of rotatable bonds is 19. The minimum absolute atomic E-state index is 0.395.